The van der Waals surface area contributed by atoms with E-state index in [0.717, 1.165) is 0 Å². The van der Waals surface area contributed by atoms with Crippen molar-refractivity contribution in [3.63, 3.8) is 0 Å². The molecule has 3 aromatic heterocycles. The second-order valence-corrected chi connectivity index (χ2v) is 6.56. The molecule has 0 aliphatic carbocycles. The molecule has 3 rings (SSSR count). The summed E-state index contributed by atoms with van der Waals surface area (Å²) in [5, 5.41) is 6.99. The van der Waals surface area contributed by atoms with Gasteiger partial charge in [-0.25, -0.2) is 9.78 Å². The minimum Gasteiger partial charge on any atom is -0.462 e. The third kappa shape index (κ3) is 3.22. The number of esters is 1. The second kappa shape index (κ2) is 6.93. The standard InChI is InChI=1S/C15H13N3O4S2/c1-2-22-15(21)10-4-6-24-13(10)17-11(19)7-18-8-16-12-9(14(18)20)3-5-23-12/h3-6,8H,2,7H2,1H3,(H,17,19). The highest BCUT2D eigenvalue weighted by molar-refractivity contribution is 7.16. The van der Waals surface area contributed by atoms with Crippen LogP contribution in [0.4, 0.5) is 5.00 Å². The molecule has 0 aromatic carbocycles. The van der Waals surface area contributed by atoms with Crippen molar-refractivity contribution in [1.82, 2.24) is 9.55 Å². The van der Waals surface area contributed by atoms with Gasteiger partial charge in [-0.3, -0.25) is 14.2 Å². The summed E-state index contributed by atoms with van der Waals surface area (Å²) in [5.74, 6) is -0.908. The molecule has 24 heavy (non-hydrogen) atoms. The maximum absolute atomic E-state index is 12.3. The van der Waals surface area contributed by atoms with Crippen LogP contribution in [0.5, 0.6) is 0 Å². The van der Waals surface area contributed by atoms with Gasteiger partial charge in [0.15, 0.2) is 0 Å². The first-order valence-corrected chi connectivity index (χ1v) is 8.83. The minimum atomic E-state index is -0.493. The van der Waals surface area contributed by atoms with Crippen LogP contribution in [0, 0.1) is 0 Å². The average Bonchev–Trinajstić information content (AvgIpc) is 3.19. The summed E-state index contributed by atoms with van der Waals surface area (Å²) in [5.41, 5.74) is 0.0298. The van der Waals surface area contributed by atoms with Crippen LogP contribution >= 0.6 is 22.7 Å². The lowest BCUT2D eigenvalue weighted by molar-refractivity contribution is -0.116. The number of anilines is 1. The lowest BCUT2D eigenvalue weighted by Gasteiger charge is -2.07. The van der Waals surface area contributed by atoms with Gasteiger partial charge in [0, 0.05) is 0 Å². The average molecular weight is 363 g/mol. The predicted molar refractivity (Wildman–Crippen MR) is 92.8 cm³/mol. The van der Waals surface area contributed by atoms with Crippen LogP contribution in [0.1, 0.15) is 17.3 Å². The summed E-state index contributed by atoms with van der Waals surface area (Å²) in [6.45, 7) is 1.78. The van der Waals surface area contributed by atoms with Crippen LogP contribution in [0.25, 0.3) is 10.2 Å². The number of nitrogens with one attached hydrogen (secondary N) is 1. The highest BCUT2D eigenvalue weighted by atomic mass is 32.1. The number of ether oxygens (including phenoxy) is 1. The fourth-order valence-corrected chi connectivity index (χ4v) is 3.62. The fraction of sp³-hybridized carbons (Fsp3) is 0.200. The van der Waals surface area contributed by atoms with Crippen molar-refractivity contribution in [2.45, 2.75) is 13.5 Å². The van der Waals surface area contributed by atoms with Crippen molar-refractivity contribution < 1.29 is 14.3 Å². The predicted octanol–water partition coefficient (Wildman–Crippen LogP) is 2.33. The summed E-state index contributed by atoms with van der Waals surface area (Å²) in [6.07, 6.45) is 1.35. The van der Waals surface area contributed by atoms with Gasteiger partial charge in [-0.2, -0.15) is 0 Å². The number of carbonyl (C=O) groups excluding carboxylic acids is 2. The molecule has 0 atom stereocenters. The Morgan fingerprint density at radius 2 is 2.08 bits per heavy atom. The van der Waals surface area contributed by atoms with E-state index in [2.05, 4.69) is 10.3 Å². The van der Waals surface area contributed by atoms with Crippen LogP contribution in [-0.4, -0.2) is 28.0 Å². The molecule has 0 bridgehead atoms. The van der Waals surface area contributed by atoms with E-state index in [1.165, 1.54) is 33.6 Å². The Labute approximate surface area is 144 Å². The van der Waals surface area contributed by atoms with Gasteiger partial charge in [0.05, 0.1) is 23.9 Å². The van der Waals surface area contributed by atoms with E-state index in [4.69, 9.17) is 4.74 Å². The Morgan fingerprint density at radius 1 is 1.29 bits per heavy atom. The molecular weight excluding hydrogens is 350 g/mol. The molecule has 0 unspecified atom stereocenters. The van der Waals surface area contributed by atoms with E-state index in [1.807, 2.05) is 0 Å². The van der Waals surface area contributed by atoms with Crippen molar-refractivity contribution in [3.05, 3.63) is 45.1 Å². The number of rotatable bonds is 5. The normalized spacial score (nSPS) is 10.7. The summed E-state index contributed by atoms with van der Waals surface area (Å²) >= 11 is 2.58. The lowest BCUT2D eigenvalue weighted by Crippen LogP contribution is -2.27. The van der Waals surface area contributed by atoms with Crippen molar-refractivity contribution in [2.24, 2.45) is 0 Å². The van der Waals surface area contributed by atoms with Crippen molar-refractivity contribution >= 4 is 49.8 Å². The third-order valence-corrected chi connectivity index (χ3v) is 4.83. The van der Waals surface area contributed by atoms with Crippen LogP contribution < -0.4 is 10.9 Å². The quantitative estimate of drug-likeness (QED) is 0.703. The zero-order valence-corrected chi connectivity index (χ0v) is 14.3. The van der Waals surface area contributed by atoms with E-state index in [9.17, 15) is 14.4 Å². The van der Waals surface area contributed by atoms with Gasteiger partial charge in [-0.05, 0) is 29.8 Å². The van der Waals surface area contributed by atoms with Crippen LogP contribution in [0.2, 0.25) is 0 Å². The van der Waals surface area contributed by atoms with Gasteiger partial charge >= 0.3 is 5.97 Å². The van der Waals surface area contributed by atoms with Gasteiger partial charge in [-0.1, -0.05) is 0 Å². The number of aromatic nitrogens is 2. The molecule has 0 aliphatic heterocycles. The first kappa shape index (κ1) is 16.3. The Balaban J connectivity index is 1.76. The summed E-state index contributed by atoms with van der Waals surface area (Å²) in [4.78, 5) is 41.1. The van der Waals surface area contributed by atoms with Crippen molar-refractivity contribution in [3.8, 4) is 0 Å². The highest BCUT2D eigenvalue weighted by Crippen LogP contribution is 2.24. The molecule has 0 fully saturated rings. The molecule has 3 aromatic rings. The number of hydrogen-bond acceptors (Lipinski definition) is 7. The number of fused-ring (bicyclic) bond motifs is 1. The molecule has 9 heteroatoms. The Hall–Kier alpha value is -2.52. The van der Waals surface area contributed by atoms with Crippen LogP contribution in [0.15, 0.2) is 34.0 Å². The monoisotopic (exact) mass is 363 g/mol. The largest absolute Gasteiger partial charge is 0.462 e. The summed E-state index contributed by atoms with van der Waals surface area (Å²) in [6, 6.07) is 3.27. The first-order chi connectivity index (χ1) is 11.6. The zero-order chi connectivity index (χ0) is 17.1. The van der Waals surface area contributed by atoms with Gasteiger partial charge in [-0.15, -0.1) is 22.7 Å². The molecule has 7 nitrogen and oxygen atoms in total. The van der Waals surface area contributed by atoms with Gasteiger partial charge < -0.3 is 10.1 Å². The molecule has 0 saturated heterocycles. The van der Waals surface area contributed by atoms with Crippen LogP contribution in [-0.2, 0) is 16.1 Å². The van der Waals surface area contributed by atoms with E-state index in [1.54, 1.807) is 29.8 Å². The molecule has 124 valence electrons. The smallest absolute Gasteiger partial charge is 0.341 e. The van der Waals surface area contributed by atoms with Crippen molar-refractivity contribution in [1.29, 1.82) is 0 Å². The van der Waals surface area contributed by atoms with Crippen molar-refractivity contribution in [2.75, 3.05) is 11.9 Å². The minimum absolute atomic E-state index is 0.183. The molecule has 0 saturated carbocycles. The maximum atomic E-state index is 12.3. The number of thiophene rings is 2. The molecular formula is C15H13N3O4S2. The molecule has 0 spiro atoms. The van der Waals surface area contributed by atoms with E-state index in [0.29, 0.717) is 20.8 Å². The van der Waals surface area contributed by atoms with E-state index in [-0.39, 0.29) is 18.7 Å². The number of nitrogens with zero attached hydrogens (tertiary/aromatic N) is 2. The number of amides is 1. The summed E-state index contributed by atoms with van der Waals surface area (Å²) in [7, 11) is 0. The lowest BCUT2D eigenvalue weighted by atomic mass is 10.3. The molecule has 0 radical (unpaired) electrons. The Kier molecular flexibility index (Phi) is 4.72. The van der Waals surface area contributed by atoms with Gasteiger partial charge in [0.1, 0.15) is 16.4 Å². The number of carbonyl (C=O) groups is 2. The van der Waals surface area contributed by atoms with Crippen LogP contribution in [0.3, 0.4) is 0 Å². The maximum Gasteiger partial charge on any atom is 0.341 e. The Morgan fingerprint density at radius 3 is 2.88 bits per heavy atom. The van der Waals surface area contributed by atoms with E-state index < -0.39 is 11.9 Å². The second-order valence-electron chi connectivity index (χ2n) is 4.75. The number of hydrogen-bond donors (Lipinski definition) is 1. The fourth-order valence-electron chi connectivity index (χ4n) is 2.10. The SMILES string of the molecule is CCOC(=O)c1ccsc1NC(=O)Cn1cnc2sccc2c1=O. The first-order valence-electron chi connectivity index (χ1n) is 7.07. The molecule has 1 amide bonds. The molecule has 0 aliphatic rings. The third-order valence-electron chi connectivity index (χ3n) is 3.18. The van der Waals surface area contributed by atoms with Gasteiger partial charge in [0.25, 0.3) is 5.56 Å². The Bertz CT molecular complexity index is 957. The highest BCUT2D eigenvalue weighted by Gasteiger charge is 2.16. The molecule has 1 N–H and O–H groups in total. The topological polar surface area (TPSA) is 90.3 Å². The molecule has 3 heterocycles. The summed E-state index contributed by atoms with van der Waals surface area (Å²) < 4.78 is 6.18. The zero-order valence-electron chi connectivity index (χ0n) is 12.6. The van der Waals surface area contributed by atoms with Gasteiger partial charge in [0.2, 0.25) is 5.91 Å². The van der Waals surface area contributed by atoms with E-state index >= 15 is 0 Å².